The van der Waals surface area contributed by atoms with Gasteiger partial charge in [0.05, 0.1) is 11.8 Å². The average molecular weight is 257 g/mol. The van der Waals surface area contributed by atoms with Gasteiger partial charge in [0, 0.05) is 19.8 Å². The number of rotatable bonds is 9. The van der Waals surface area contributed by atoms with Gasteiger partial charge in [-0.1, -0.05) is 13.3 Å². The van der Waals surface area contributed by atoms with Crippen molar-refractivity contribution in [3.63, 3.8) is 0 Å². The lowest BCUT2D eigenvalue weighted by molar-refractivity contribution is -0.152. The van der Waals surface area contributed by atoms with Gasteiger partial charge in [-0.15, -0.1) is 0 Å². The van der Waals surface area contributed by atoms with E-state index in [4.69, 9.17) is 9.84 Å². The molecule has 0 radical (unpaired) electrons. The number of amides is 1. The zero-order valence-electron chi connectivity index (χ0n) is 11.0. The lowest BCUT2D eigenvalue weighted by Gasteiger charge is -2.31. The van der Waals surface area contributed by atoms with Crippen LogP contribution in [0.3, 0.4) is 0 Å². The summed E-state index contributed by atoms with van der Waals surface area (Å²) in [6, 6.07) is 0. The lowest BCUT2D eigenvalue weighted by Crippen LogP contribution is -2.44. The van der Waals surface area contributed by atoms with Crippen LogP contribution < -0.4 is 5.32 Å². The second-order valence-corrected chi connectivity index (χ2v) is 4.74. The third kappa shape index (κ3) is 4.64. The average Bonchev–Trinajstić information content (AvgIpc) is 2.25. The first-order chi connectivity index (χ1) is 8.66. The molecule has 0 bridgehead atoms. The molecule has 1 amide bonds. The Morgan fingerprint density at radius 2 is 1.89 bits per heavy atom. The number of carbonyl (C=O) groups excluding carboxylic acids is 1. The van der Waals surface area contributed by atoms with Crippen LogP contribution >= 0.6 is 0 Å². The molecule has 2 N–H and O–H groups in total. The fourth-order valence-electron chi connectivity index (χ4n) is 1.97. The van der Waals surface area contributed by atoms with E-state index >= 15 is 0 Å². The van der Waals surface area contributed by atoms with Gasteiger partial charge in [0.15, 0.2) is 0 Å². The predicted octanol–water partition coefficient (Wildman–Crippen LogP) is 1.42. The van der Waals surface area contributed by atoms with E-state index in [1.54, 1.807) is 0 Å². The zero-order chi connectivity index (χ0) is 13.4. The van der Waals surface area contributed by atoms with Crippen molar-refractivity contribution in [3.8, 4) is 0 Å². The molecule has 0 aromatic rings. The molecule has 0 heterocycles. The number of ether oxygens (including phenoxy) is 1. The molecular weight excluding hydrogens is 234 g/mol. The molecule has 18 heavy (non-hydrogen) atoms. The number of aliphatic carboxylic acids is 1. The van der Waals surface area contributed by atoms with Crippen LogP contribution in [0.4, 0.5) is 0 Å². The van der Waals surface area contributed by atoms with Gasteiger partial charge in [-0.2, -0.15) is 0 Å². The van der Waals surface area contributed by atoms with Gasteiger partial charge < -0.3 is 15.2 Å². The largest absolute Gasteiger partial charge is 0.481 e. The summed E-state index contributed by atoms with van der Waals surface area (Å²) in [5, 5.41) is 11.6. The normalized spacial score (nSPS) is 22.3. The summed E-state index contributed by atoms with van der Waals surface area (Å²) in [4.78, 5) is 22.4. The number of carboxylic acid groups (broad SMARTS) is 1. The monoisotopic (exact) mass is 257 g/mol. The van der Waals surface area contributed by atoms with Crippen molar-refractivity contribution >= 4 is 11.9 Å². The van der Waals surface area contributed by atoms with Gasteiger partial charge in [0.1, 0.15) is 0 Å². The Kier molecular flexibility index (Phi) is 6.72. The highest BCUT2D eigenvalue weighted by Gasteiger charge is 2.41. The van der Waals surface area contributed by atoms with Crippen LogP contribution in [0.25, 0.3) is 0 Å². The van der Waals surface area contributed by atoms with Gasteiger partial charge in [-0.3, -0.25) is 9.59 Å². The van der Waals surface area contributed by atoms with Crippen LogP contribution in [0.2, 0.25) is 0 Å². The molecule has 1 rings (SSSR count). The molecule has 0 aromatic heterocycles. The molecule has 1 fully saturated rings. The first-order valence-corrected chi connectivity index (χ1v) is 6.75. The molecule has 104 valence electrons. The summed E-state index contributed by atoms with van der Waals surface area (Å²) in [5.41, 5.74) is 0. The van der Waals surface area contributed by atoms with Crippen LogP contribution in [0.1, 0.15) is 39.0 Å². The zero-order valence-corrected chi connectivity index (χ0v) is 11.0. The van der Waals surface area contributed by atoms with Crippen molar-refractivity contribution in [2.45, 2.75) is 39.0 Å². The molecule has 5 heteroatoms. The first kappa shape index (κ1) is 15.0. The molecule has 1 aliphatic carbocycles. The molecule has 2 unspecified atom stereocenters. The smallest absolute Gasteiger partial charge is 0.307 e. The van der Waals surface area contributed by atoms with Crippen LogP contribution in [0, 0.1) is 11.8 Å². The molecule has 0 spiro atoms. The Labute approximate surface area is 108 Å². The summed E-state index contributed by atoms with van der Waals surface area (Å²) in [6.45, 7) is 4.09. The molecule has 1 saturated carbocycles. The Morgan fingerprint density at radius 1 is 1.22 bits per heavy atom. The quantitative estimate of drug-likeness (QED) is 0.612. The minimum absolute atomic E-state index is 0.123. The van der Waals surface area contributed by atoms with Crippen LogP contribution in [0.15, 0.2) is 0 Å². The molecule has 2 atom stereocenters. The Balaban J connectivity index is 2.02. The van der Waals surface area contributed by atoms with E-state index in [9.17, 15) is 9.59 Å². The highest BCUT2D eigenvalue weighted by atomic mass is 16.5. The van der Waals surface area contributed by atoms with Crippen molar-refractivity contribution in [2.75, 3.05) is 19.8 Å². The Morgan fingerprint density at radius 3 is 2.44 bits per heavy atom. The number of hydrogen-bond acceptors (Lipinski definition) is 3. The summed E-state index contributed by atoms with van der Waals surface area (Å²) < 4.78 is 5.37. The highest BCUT2D eigenvalue weighted by Crippen LogP contribution is 2.34. The van der Waals surface area contributed by atoms with Crippen molar-refractivity contribution in [3.05, 3.63) is 0 Å². The van der Waals surface area contributed by atoms with Crippen LogP contribution in [-0.4, -0.2) is 36.7 Å². The summed E-state index contributed by atoms with van der Waals surface area (Å²) in [7, 11) is 0. The maximum atomic E-state index is 11.7. The topological polar surface area (TPSA) is 75.6 Å². The van der Waals surface area contributed by atoms with Crippen molar-refractivity contribution in [2.24, 2.45) is 11.8 Å². The number of hydrogen-bond donors (Lipinski definition) is 2. The van der Waals surface area contributed by atoms with Crippen molar-refractivity contribution in [1.29, 1.82) is 0 Å². The van der Waals surface area contributed by atoms with E-state index in [1.165, 1.54) is 0 Å². The van der Waals surface area contributed by atoms with E-state index in [0.29, 0.717) is 26.0 Å². The minimum atomic E-state index is -0.857. The van der Waals surface area contributed by atoms with Gasteiger partial charge in [0.25, 0.3) is 0 Å². The van der Waals surface area contributed by atoms with E-state index in [1.807, 2.05) is 0 Å². The Bertz CT molecular complexity index is 280. The molecule has 0 aliphatic heterocycles. The van der Waals surface area contributed by atoms with Crippen LogP contribution in [-0.2, 0) is 14.3 Å². The first-order valence-electron chi connectivity index (χ1n) is 6.75. The number of nitrogens with one attached hydrogen (secondary N) is 1. The number of unbranched alkanes of at least 4 members (excludes halogenated alkanes) is 1. The maximum absolute atomic E-state index is 11.7. The van der Waals surface area contributed by atoms with Crippen molar-refractivity contribution in [1.82, 2.24) is 5.32 Å². The number of carboxylic acids is 1. The third-order valence-corrected chi connectivity index (χ3v) is 3.34. The van der Waals surface area contributed by atoms with Crippen molar-refractivity contribution < 1.29 is 19.4 Å². The van der Waals surface area contributed by atoms with E-state index in [0.717, 1.165) is 25.9 Å². The minimum Gasteiger partial charge on any atom is -0.481 e. The third-order valence-electron chi connectivity index (χ3n) is 3.34. The highest BCUT2D eigenvalue weighted by molar-refractivity contribution is 5.86. The summed E-state index contributed by atoms with van der Waals surface area (Å²) in [5.74, 6) is -1.79. The SMILES string of the molecule is CCCCOCCCNC(=O)C1CCC1C(=O)O. The number of carbonyl (C=O) groups is 2. The lowest BCUT2D eigenvalue weighted by atomic mass is 9.73. The van der Waals surface area contributed by atoms with E-state index in [2.05, 4.69) is 12.2 Å². The predicted molar refractivity (Wildman–Crippen MR) is 67.2 cm³/mol. The standard InChI is InChI=1S/C13H23NO4/c1-2-3-8-18-9-4-7-14-12(15)10-5-6-11(10)13(16)17/h10-11H,2-9H2,1H3,(H,14,15)(H,16,17). The second-order valence-electron chi connectivity index (χ2n) is 4.74. The molecule has 1 aliphatic rings. The van der Waals surface area contributed by atoms with E-state index < -0.39 is 11.9 Å². The summed E-state index contributed by atoms with van der Waals surface area (Å²) in [6.07, 6.45) is 4.27. The van der Waals surface area contributed by atoms with E-state index in [-0.39, 0.29) is 11.8 Å². The van der Waals surface area contributed by atoms with Gasteiger partial charge in [-0.25, -0.2) is 0 Å². The maximum Gasteiger partial charge on any atom is 0.307 e. The molecule has 0 aromatic carbocycles. The fraction of sp³-hybridized carbons (Fsp3) is 0.846. The van der Waals surface area contributed by atoms with Gasteiger partial charge >= 0.3 is 5.97 Å². The molecular formula is C13H23NO4. The molecule has 5 nitrogen and oxygen atoms in total. The van der Waals surface area contributed by atoms with Crippen LogP contribution in [0.5, 0.6) is 0 Å². The Hall–Kier alpha value is -1.10. The van der Waals surface area contributed by atoms with Gasteiger partial charge in [0.2, 0.25) is 5.91 Å². The summed E-state index contributed by atoms with van der Waals surface area (Å²) >= 11 is 0. The second kappa shape index (κ2) is 8.08. The molecule has 0 saturated heterocycles. The fourth-order valence-corrected chi connectivity index (χ4v) is 1.97. The van der Waals surface area contributed by atoms with Gasteiger partial charge in [-0.05, 0) is 25.7 Å².